The second-order valence-electron chi connectivity index (χ2n) is 3.35. The summed E-state index contributed by atoms with van der Waals surface area (Å²) in [6.07, 6.45) is 7.43. The van der Waals surface area contributed by atoms with Gasteiger partial charge < -0.3 is 0 Å². The van der Waals surface area contributed by atoms with Crippen LogP contribution in [0.15, 0.2) is 24.9 Å². The third kappa shape index (κ3) is 3.14. The van der Waals surface area contributed by atoms with Crippen LogP contribution in [0, 0.1) is 0 Å². The van der Waals surface area contributed by atoms with E-state index < -0.39 is 10.8 Å². The fourth-order valence-electron chi connectivity index (χ4n) is 1.45. The van der Waals surface area contributed by atoms with Crippen LogP contribution >= 0.6 is 0 Å². The van der Waals surface area contributed by atoms with Gasteiger partial charge in [-0.05, 0) is 24.6 Å². The summed E-state index contributed by atoms with van der Waals surface area (Å²) in [5.74, 6) is 1.26. The van der Waals surface area contributed by atoms with Crippen molar-refractivity contribution in [3.05, 3.63) is 41.7 Å². The highest BCUT2D eigenvalue weighted by atomic mass is 32.2. The van der Waals surface area contributed by atoms with E-state index in [2.05, 4.69) is 11.6 Å². The molecular formula is C13H17NOS. The van der Waals surface area contributed by atoms with Crippen LogP contribution in [-0.2, 0) is 16.6 Å². The molecule has 0 aliphatic heterocycles. The highest BCUT2D eigenvalue weighted by molar-refractivity contribution is 7.84. The fraction of sp³-hybridized carbons (Fsp3) is 0.308. The molecule has 0 saturated heterocycles. The smallest absolute Gasteiger partial charge is 0.0699 e. The van der Waals surface area contributed by atoms with Crippen LogP contribution in [0.4, 0.5) is 0 Å². The van der Waals surface area contributed by atoms with Crippen molar-refractivity contribution in [1.82, 2.24) is 4.98 Å². The Hall–Kier alpha value is -1.22. The lowest BCUT2D eigenvalue weighted by Crippen LogP contribution is -2.01. The SMILES string of the molecule is C=Cc1nccc(CS(=O)CC)c1/C=C\C. The second kappa shape index (κ2) is 6.38. The maximum Gasteiger partial charge on any atom is 0.0699 e. The van der Waals surface area contributed by atoms with Gasteiger partial charge in [0.15, 0.2) is 0 Å². The minimum Gasteiger partial charge on any atom is -0.259 e. The van der Waals surface area contributed by atoms with Gasteiger partial charge in [-0.3, -0.25) is 9.19 Å². The Morgan fingerprint density at radius 2 is 2.31 bits per heavy atom. The van der Waals surface area contributed by atoms with E-state index in [0.29, 0.717) is 11.5 Å². The summed E-state index contributed by atoms with van der Waals surface area (Å²) < 4.78 is 11.6. The molecule has 3 heteroatoms. The zero-order valence-corrected chi connectivity index (χ0v) is 10.6. The van der Waals surface area contributed by atoms with E-state index in [4.69, 9.17) is 0 Å². The van der Waals surface area contributed by atoms with Crippen molar-refractivity contribution < 1.29 is 4.21 Å². The monoisotopic (exact) mass is 235 g/mol. The van der Waals surface area contributed by atoms with Crippen molar-refractivity contribution in [2.75, 3.05) is 5.75 Å². The number of nitrogens with zero attached hydrogens (tertiary/aromatic N) is 1. The third-order valence-electron chi connectivity index (χ3n) is 2.28. The number of hydrogen-bond acceptors (Lipinski definition) is 2. The van der Waals surface area contributed by atoms with Crippen molar-refractivity contribution in [3.63, 3.8) is 0 Å². The molecule has 0 amide bonds. The Balaban J connectivity index is 3.16. The van der Waals surface area contributed by atoms with Gasteiger partial charge in [0.05, 0.1) is 5.69 Å². The molecule has 0 radical (unpaired) electrons. The predicted molar refractivity (Wildman–Crippen MR) is 71.4 cm³/mol. The average molecular weight is 235 g/mol. The topological polar surface area (TPSA) is 30.0 Å². The summed E-state index contributed by atoms with van der Waals surface area (Å²) in [5, 5.41) is 0. The number of aromatic nitrogens is 1. The molecule has 0 saturated carbocycles. The highest BCUT2D eigenvalue weighted by Gasteiger charge is 2.07. The quantitative estimate of drug-likeness (QED) is 0.785. The number of hydrogen-bond donors (Lipinski definition) is 0. The summed E-state index contributed by atoms with van der Waals surface area (Å²) in [6, 6.07) is 1.93. The minimum absolute atomic E-state index is 0.583. The molecular weight excluding hydrogens is 218 g/mol. The summed E-state index contributed by atoms with van der Waals surface area (Å²) in [6.45, 7) is 7.63. The molecule has 0 aromatic carbocycles. The van der Waals surface area contributed by atoms with Gasteiger partial charge in [0.25, 0.3) is 0 Å². The van der Waals surface area contributed by atoms with Crippen molar-refractivity contribution in [2.45, 2.75) is 19.6 Å². The highest BCUT2D eigenvalue weighted by Crippen LogP contribution is 2.17. The Morgan fingerprint density at radius 3 is 2.88 bits per heavy atom. The standard InChI is InChI=1S/C13H17NOS/c1-4-7-12-11(10-16(15)6-3)8-9-14-13(12)5-2/h4-5,7-9H,2,6,10H2,1,3H3/b7-4-. The van der Waals surface area contributed by atoms with Crippen LogP contribution in [-0.4, -0.2) is 14.9 Å². The molecule has 1 heterocycles. The summed E-state index contributed by atoms with van der Waals surface area (Å²) in [7, 11) is -0.798. The van der Waals surface area contributed by atoms with E-state index in [1.807, 2.05) is 32.1 Å². The number of pyridine rings is 1. The zero-order chi connectivity index (χ0) is 12.0. The zero-order valence-electron chi connectivity index (χ0n) is 9.77. The van der Waals surface area contributed by atoms with E-state index in [1.165, 1.54) is 0 Å². The fourth-order valence-corrected chi connectivity index (χ4v) is 2.26. The van der Waals surface area contributed by atoms with Gasteiger partial charge in [-0.1, -0.05) is 25.7 Å². The minimum atomic E-state index is -0.798. The lowest BCUT2D eigenvalue weighted by molar-refractivity contribution is 0.683. The van der Waals surface area contributed by atoms with Crippen LogP contribution in [0.2, 0.25) is 0 Å². The van der Waals surface area contributed by atoms with Gasteiger partial charge in [0.1, 0.15) is 0 Å². The van der Waals surface area contributed by atoms with Gasteiger partial charge in [0.2, 0.25) is 0 Å². The Morgan fingerprint density at radius 1 is 1.56 bits per heavy atom. The van der Waals surface area contributed by atoms with Gasteiger partial charge in [-0.25, -0.2) is 0 Å². The molecule has 0 aliphatic carbocycles. The first-order valence-corrected chi connectivity index (χ1v) is 6.79. The van der Waals surface area contributed by atoms with Crippen molar-refractivity contribution >= 4 is 23.0 Å². The Bertz CT molecular complexity index is 424. The molecule has 1 aromatic rings. The first-order chi connectivity index (χ1) is 7.72. The molecule has 2 nitrogen and oxygen atoms in total. The number of rotatable bonds is 5. The van der Waals surface area contributed by atoms with Crippen LogP contribution in [0.3, 0.4) is 0 Å². The first-order valence-electron chi connectivity index (χ1n) is 5.30. The van der Waals surface area contributed by atoms with Crippen LogP contribution in [0.5, 0.6) is 0 Å². The normalized spacial score (nSPS) is 12.9. The maximum absolute atomic E-state index is 11.6. The lowest BCUT2D eigenvalue weighted by Gasteiger charge is -2.07. The van der Waals surface area contributed by atoms with E-state index in [0.717, 1.165) is 16.8 Å². The lowest BCUT2D eigenvalue weighted by atomic mass is 10.1. The third-order valence-corrected chi connectivity index (χ3v) is 3.55. The molecule has 0 N–H and O–H groups in total. The van der Waals surface area contributed by atoms with Gasteiger partial charge in [0, 0.05) is 34.1 Å². The molecule has 0 bridgehead atoms. The Labute approximate surface area is 99.6 Å². The van der Waals surface area contributed by atoms with E-state index in [-0.39, 0.29) is 0 Å². The first kappa shape index (κ1) is 12.8. The van der Waals surface area contributed by atoms with E-state index in [1.54, 1.807) is 12.3 Å². The van der Waals surface area contributed by atoms with E-state index >= 15 is 0 Å². The molecule has 1 unspecified atom stereocenters. The largest absolute Gasteiger partial charge is 0.259 e. The maximum atomic E-state index is 11.6. The predicted octanol–water partition coefficient (Wildman–Crippen LogP) is 3.03. The van der Waals surface area contributed by atoms with Crippen molar-refractivity contribution in [3.8, 4) is 0 Å². The van der Waals surface area contributed by atoms with Crippen LogP contribution in [0.1, 0.15) is 30.7 Å². The van der Waals surface area contributed by atoms with Crippen LogP contribution < -0.4 is 0 Å². The van der Waals surface area contributed by atoms with Crippen LogP contribution in [0.25, 0.3) is 12.2 Å². The number of allylic oxidation sites excluding steroid dienone is 1. The van der Waals surface area contributed by atoms with Gasteiger partial charge >= 0.3 is 0 Å². The molecule has 0 spiro atoms. The summed E-state index contributed by atoms with van der Waals surface area (Å²) in [5.41, 5.74) is 2.95. The molecule has 1 atom stereocenters. The van der Waals surface area contributed by atoms with Crippen molar-refractivity contribution in [2.24, 2.45) is 0 Å². The molecule has 16 heavy (non-hydrogen) atoms. The van der Waals surface area contributed by atoms with Crippen molar-refractivity contribution in [1.29, 1.82) is 0 Å². The van der Waals surface area contributed by atoms with Gasteiger partial charge in [-0.2, -0.15) is 0 Å². The summed E-state index contributed by atoms with van der Waals surface area (Å²) >= 11 is 0. The Kier molecular flexibility index (Phi) is 5.12. The van der Waals surface area contributed by atoms with E-state index in [9.17, 15) is 4.21 Å². The average Bonchev–Trinajstić information content (AvgIpc) is 2.31. The van der Waals surface area contributed by atoms with Gasteiger partial charge in [-0.15, -0.1) is 0 Å². The molecule has 1 aromatic heterocycles. The molecule has 0 fully saturated rings. The molecule has 0 aliphatic rings. The summed E-state index contributed by atoms with van der Waals surface area (Å²) in [4.78, 5) is 4.24. The molecule has 86 valence electrons. The molecule has 1 rings (SSSR count). The second-order valence-corrected chi connectivity index (χ2v) is 5.09.